The van der Waals surface area contributed by atoms with Gasteiger partial charge in [-0.05, 0) is 37.6 Å². The molecule has 0 radical (unpaired) electrons. The van der Waals surface area contributed by atoms with E-state index in [1.54, 1.807) is 24.3 Å². The summed E-state index contributed by atoms with van der Waals surface area (Å²) in [5.41, 5.74) is 1.21. The van der Waals surface area contributed by atoms with Crippen LogP contribution in [0.25, 0.3) is 5.65 Å². The first-order valence-corrected chi connectivity index (χ1v) is 9.33. The van der Waals surface area contributed by atoms with Gasteiger partial charge in [0, 0.05) is 12.6 Å². The van der Waals surface area contributed by atoms with E-state index in [-0.39, 0.29) is 30.7 Å². The summed E-state index contributed by atoms with van der Waals surface area (Å²) >= 11 is 0. The van der Waals surface area contributed by atoms with Crippen molar-refractivity contribution >= 4 is 29.2 Å². The zero-order valence-corrected chi connectivity index (χ0v) is 15.8. The van der Waals surface area contributed by atoms with Crippen LogP contribution in [0.15, 0.2) is 54.7 Å². The zero-order valence-electron chi connectivity index (χ0n) is 15.8. The minimum atomic E-state index is -0.724. The molecule has 4 amide bonds. The van der Waals surface area contributed by atoms with E-state index in [0.29, 0.717) is 17.2 Å². The van der Waals surface area contributed by atoms with Crippen LogP contribution >= 0.6 is 0 Å². The third-order valence-corrected chi connectivity index (χ3v) is 4.80. The van der Waals surface area contributed by atoms with E-state index in [2.05, 4.69) is 20.8 Å². The molecule has 1 aromatic carbocycles. The molecule has 3 heterocycles. The van der Waals surface area contributed by atoms with E-state index >= 15 is 0 Å². The van der Waals surface area contributed by atoms with Crippen LogP contribution in [-0.4, -0.2) is 38.5 Å². The minimum Gasteiger partial charge on any atom is -0.346 e. The number of benzene rings is 1. The van der Waals surface area contributed by atoms with Gasteiger partial charge in [-0.1, -0.05) is 24.3 Å². The second kappa shape index (κ2) is 7.70. The third-order valence-electron chi connectivity index (χ3n) is 4.80. The predicted octanol–water partition coefficient (Wildman–Crippen LogP) is 1.81. The van der Waals surface area contributed by atoms with Gasteiger partial charge in [-0.3, -0.25) is 14.0 Å². The number of urea groups is 1. The topological polar surface area (TPSA) is 109 Å². The molecular weight excluding hydrogens is 372 g/mol. The smallest absolute Gasteiger partial charge is 0.329 e. The Balaban J connectivity index is 1.35. The van der Waals surface area contributed by atoms with Gasteiger partial charge in [0.05, 0.1) is 11.7 Å². The predicted molar refractivity (Wildman–Crippen MR) is 105 cm³/mol. The number of amides is 4. The number of nitrogens with zero attached hydrogens (tertiary/aromatic N) is 4. The Morgan fingerprint density at radius 1 is 1.14 bits per heavy atom. The molecule has 2 N–H and O–H groups in total. The lowest BCUT2D eigenvalue weighted by Gasteiger charge is -2.14. The lowest BCUT2D eigenvalue weighted by atomic mass is 10.1. The lowest BCUT2D eigenvalue weighted by Crippen LogP contribution is -2.33. The largest absolute Gasteiger partial charge is 0.346 e. The van der Waals surface area contributed by atoms with Crippen LogP contribution in [0.4, 0.5) is 10.5 Å². The van der Waals surface area contributed by atoms with Gasteiger partial charge in [0.2, 0.25) is 5.91 Å². The van der Waals surface area contributed by atoms with Crippen LogP contribution in [0.2, 0.25) is 0 Å². The van der Waals surface area contributed by atoms with E-state index in [1.165, 1.54) is 0 Å². The summed E-state index contributed by atoms with van der Waals surface area (Å²) in [6.45, 7) is 1.82. The molecule has 1 fully saturated rings. The molecule has 2 aromatic heterocycles. The van der Waals surface area contributed by atoms with Gasteiger partial charge in [0.1, 0.15) is 6.04 Å². The van der Waals surface area contributed by atoms with E-state index in [0.717, 1.165) is 4.90 Å². The van der Waals surface area contributed by atoms with Crippen LogP contribution in [0.5, 0.6) is 0 Å². The Bertz CT molecular complexity index is 1060. The number of aromatic nitrogens is 3. The van der Waals surface area contributed by atoms with Crippen LogP contribution in [0.3, 0.4) is 0 Å². The van der Waals surface area contributed by atoms with Gasteiger partial charge in [-0.25, -0.2) is 9.69 Å². The van der Waals surface area contributed by atoms with E-state index in [9.17, 15) is 14.4 Å². The molecule has 29 heavy (non-hydrogen) atoms. The first-order chi connectivity index (χ1) is 14.0. The maximum absolute atomic E-state index is 12.6. The zero-order chi connectivity index (χ0) is 20.4. The molecule has 0 saturated carbocycles. The van der Waals surface area contributed by atoms with Gasteiger partial charge in [-0.2, -0.15) is 0 Å². The SMILES string of the molecule is C[C@H](NC(=O)CC[C@@H]1NC(=O)N(c2ccccc2)C1=O)c1nnc2ccccn12. The van der Waals surface area contributed by atoms with E-state index in [4.69, 9.17) is 0 Å². The molecular formula is C20H20N6O3. The van der Waals surface area contributed by atoms with Crippen molar-refractivity contribution in [3.8, 4) is 0 Å². The second-order valence-electron chi connectivity index (χ2n) is 6.83. The van der Waals surface area contributed by atoms with Crippen LogP contribution in [0, 0.1) is 0 Å². The summed E-state index contributed by atoms with van der Waals surface area (Å²) in [4.78, 5) is 38.2. The number of hydrogen-bond acceptors (Lipinski definition) is 5. The molecule has 1 saturated heterocycles. The third kappa shape index (κ3) is 3.66. The lowest BCUT2D eigenvalue weighted by molar-refractivity contribution is -0.122. The van der Waals surface area contributed by atoms with Crippen molar-refractivity contribution in [3.05, 3.63) is 60.6 Å². The fraction of sp³-hybridized carbons (Fsp3) is 0.250. The van der Waals surface area contributed by atoms with Crippen LogP contribution < -0.4 is 15.5 Å². The summed E-state index contributed by atoms with van der Waals surface area (Å²) in [6.07, 6.45) is 2.14. The highest BCUT2D eigenvalue weighted by Gasteiger charge is 2.38. The molecule has 9 heteroatoms. The van der Waals surface area contributed by atoms with Gasteiger partial charge >= 0.3 is 6.03 Å². The Morgan fingerprint density at radius 2 is 1.90 bits per heavy atom. The van der Waals surface area contributed by atoms with Crippen molar-refractivity contribution in [2.24, 2.45) is 0 Å². The van der Waals surface area contributed by atoms with Gasteiger partial charge in [-0.15, -0.1) is 10.2 Å². The average Bonchev–Trinajstić information content (AvgIpc) is 3.27. The molecule has 1 aliphatic rings. The monoisotopic (exact) mass is 392 g/mol. The summed E-state index contributed by atoms with van der Waals surface area (Å²) in [7, 11) is 0. The number of anilines is 1. The first-order valence-electron chi connectivity index (χ1n) is 9.33. The normalized spacial score (nSPS) is 17.4. The van der Waals surface area contributed by atoms with Crippen molar-refractivity contribution in [2.45, 2.75) is 31.8 Å². The first kappa shape index (κ1) is 18.6. The highest BCUT2D eigenvalue weighted by molar-refractivity contribution is 6.21. The Morgan fingerprint density at radius 3 is 2.69 bits per heavy atom. The molecule has 0 bridgehead atoms. The van der Waals surface area contributed by atoms with Crippen molar-refractivity contribution in [1.29, 1.82) is 0 Å². The standard InChI is InChI=1S/C20H20N6O3/c1-13(18-24-23-16-9-5-6-12-25(16)18)21-17(27)11-10-15-19(28)26(20(29)22-15)14-7-3-2-4-8-14/h2-9,12-13,15H,10-11H2,1H3,(H,21,27)(H,22,29)/t13-,15-/m0/s1. The van der Waals surface area contributed by atoms with Crippen molar-refractivity contribution < 1.29 is 14.4 Å². The average molecular weight is 392 g/mol. The number of carbonyl (C=O) groups excluding carboxylic acids is 3. The number of imide groups is 1. The molecule has 148 valence electrons. The molecule has 0 aliphatic carbocycles. The summed E-state index contributed by atoms with van der Waals surface area (Å²) < 4.78 is 1.81. The minimum absolute atomic E-state index is 0.0976. The number of para-hydroxylation sites is 1. The maximum Gasteiger partial charge on any atom is 0.329 e. The van der Waals surface area contributed by atoms with Crippen LogP contribution in [-0.2, 0) is 9.59 Å². The van der Waals surface area contributed by atoms with Crippen molar-refractivity contribution in [1.82, 2.24) is 25.2 Å². The molecule has 9 nitrogen and oxygen atoms in total. The van der Waals surface area contributed by atoms with Gasteiger partial charge in [0.15, 0.2) is 11.5 Å². The van der Waals surface area contributed by atoms with Crippen molar-refractivity contribution in [2.75, 3.05) is 4.90 Å². The van der Waals surface area contributed by atoms with Crippen molar-refractivity contribution in [3.63, 3.8) is 0 Å². The molecule has 1 aliphatic heterocycles. The Labute approximate surface area is 166 Å². The second-order valence-corrected chi connectivity index (χ2v) is 6.83. The van der Waals surface area contributed by atoms with Gasteiger partial charge in [0.25, 0.3) is 5.91 Å². The highest BCUT2D eigenvalue weighted by Crippen LogP contribution is 2.21. The number of rotatable bonds is 6. The molecule has 3 aromatic rings. The fourth-order valence-corrected chi connectivity index (χ4v) is 3.36. The fourth-order valence-electron chi connectivity index (χ4n) is 3.36. The Hall–Kier alpha value is -3.75. The van der Waals surface area contributed by atoms with Crippen LogP contribution in [0.1, 0.15) is 31.6 Å². The summed E-state index contributed by atoms with van der Waals surface area (Å²) in [5, 5.41) is 13.7. The quantitative estimate of drug-likeness (QED) is 0.622. The number of carbonyl (C=O) groups is 3. The maximum atomic E-state index is 12.6. The highest BCUT2D eigenvalue weighted by atomic mass is 16.2. The molecule has 4 rings (SSSR count). The number of hydrogen-bond donors (Lipinski definition) is 2. The molecule has 0 unspecified atom stereocenters. The van der Waals surface area contributed by atoms with Gasteiger partial charge < -0.3 is 10.6 Å². The van der Waals surface area contributed by atoms with E-state index in [1.807, 2.05) is 41.8 Å². The number of pyridine rings is 1. The Kier molecular flexibility index (Phi) is 4.94. The summed E-state index contributed by atoms with van der Waals surface area (Å²) in [6, 6.07) is 12.7. The molecule has 0 spiro atoms. The number of nitrogens with one attached hydrogen (secondary N) is 2. The summed E-state index contributed by atoms with van der Waals surface area (Å²) in [5.74, 6) is 0.0327. The molecule has 2 atom stereocenters. The number of fused-ring (bicyclic) bond motifs is 1. The van der Waals surface area contributed by atoms with E-state index < -0.39 is 12.1 Å².